The normalized spacial score (nSPS) is 12.3. The SMILES string of the molecule is COC(=O)[C@H](Sc1nnc(-c2ccco2)n1C)c1ccsc1. The Kier molecular flexibility index (Phi) is 4.30. The second-order valence-corrected chi connectivity index (χ2v) is 6.27. The molecule has 0 saturated heterocycles. The van der Waals surface area contributed by atoms with Crippen molar-refractivity contribution in [3.63, 3.8) is 0 Å². The van der Waals surface area contributed by atoms with Gasteiger partial charge in [-0.05, 0) is 34.5 Å². The molecule has 1 atom stereocenters. The minimum Gasteiger partial charge on any atom is -0.468 e. The molecule has 0 unspecified atom stereocenters. The first-order valence-corrected chi connectivity index (χ1v) is 8.23. The Labute approximate surface area is 135 Å². The van der Waals surface area contributed by atoms with Crippen molar-refractivity contribution in [2.45, 2.75) is 10.4 Å². The van der Waals surface area contributed by atoms with Crippen LogP contribution in [0, 0.1) is 0 Å². The Morgan fingerprint density at radius 3 is 2.95 bits per heavy atom. The summed E-state index contributed by atoms with van der Waals surface area (Å²) in [6, 6.07) is 5.51. The maximum Gasteiger partial charge on any atom is 0.323 e. The maximum atomic E-state index is 12.0. The number of rotatable bonds is 5. The second-order valence-electron chi connectivity index (χ2n) is 4.42. The molecular weight excluding hydrogens is 322 g/mol. The van der Waals surface area contributed by atoms with E-state index < -0.39 is 5.25 Å². The van der Waals surface area contributed by atoms with Gasteiger partial charge in [-0.15, -0.1) is 10.2 Å². The fourth-order valence-electron chi connectivity index (χ4n) is 1.93. The first-order chi connectivity index (χ1) is 10.7. The van der Waals surface area contributed by atoms with Crippen molar-refractivity contribution in [2.75, 3.05) is 7.11 Å². The third-order valence-electron chi connectivity index (χ3n) is 3.06. The number of carbonyl (C=O) groups is 1. The summed E-state index contributed by atoms with van der Waals surface area (Å²) in [5.74, 6) is 0.930. The average Bonchev–Trinajstić information content (AvgIpc) is 3.26. The number of esters is 1. The molecule has 0 spiro atoms. The summed E-state index contributed by atoms with van der Waals surface area (Å²) in [6.45, 7) is 0. The molecule has 3 heterocycles. The highest BCUT2D eigenvalue weighted by molar-refractivity contribution is 8.00. The van der Waals surface area contributed by atoms with Crippen molar-refractivity contribution in [1.29, 1.82) is 0 Å². The monoisotopic (exact) mass is 335 g/mol. The van der Waals surface area contributed by atoms with Crippen LogP contribution in [0.3, 0.4) is 0 Å². The third-order valence-corrected chi connectivity index (χ3v) is 5.03. The first-order valence-electron chi connectivity index (χ1n) is 6.40. The van der Waals surface area contributed by atoms with E-state index >= 15 is 0 Å². The lowest BCUT2D eigenvalue weighted by molar-refractivity contribution is -0.140. The van der Waals surface area contributed by atoms with Crippen LogP contribution in [-0.4, -0.2) is 27.8 Å². The standard InChI is InChI=1S/C14H13N3O3S2/c1-17-12(10-4-3-6-20-10)15-16-14(17)22-11(13(18)19-2)9-5-7-21-8-9/h3-8,11H,1-2H3/t11-/m1/s1. The van der Waals surface area contributed by atoms with Crippen LogP contribution in [0.2, 0.25) is 0 Å². The lowest BCUT2D eigenvalue weighted by Gasteiger charge is -2.12. The molecule has 6 nitrogen and oxygen atoms in total. The molecule has 0 N–H and O–H groups in total. The van der Waals surface area contributed by atoms with Crippen LogP contribution in [0.15, 0.2) is 44.8 Å². The maximum absolute atomic E-state index is 12.0. The van der Waals surface area contributed by atoms with E-state index in [9.17, 15) is 4.79 Å². The van der Waals surface area contributed by atoms with Gasteiger partial charge in [0.05, 0.1) is 13.4 Å². The molecule has 0 aliphatic heterocycles. The molecule has 0 amide bonds. The number of carbonyl (C=O) groups excluding carboxylic acids is 1. The summed E-state index contributed by atoms with van der Waals surface area (Å²) in [5.41, 5.74) is 0.893. The van der Waals surface area contributed by atoms with Crippen LogP contribution in [0.5, 0.6) is 0 Å². The molecule has 0 bridgehead atoms. The van der Waals surface area contributed by atoms with Crippen molar-refractivity contribution in [3.8, 4) is 11.6 Å². The smallest absolute Gasteiger partial charge is 0.323 e. The van der Waals surface area contributed by atoms with E-state index in [-0.39, 0.29) is 5.97 Å². The molecule has 22 heavy (non-hydrogen) atoms. The van der Waals surface area contributed by atoms with Crippen molar-refractivity contribution in [1.82, 2.24) is 14.8 Å². The summed E-state index contributed by atoms with van der Waals surface area (Å²) in [6.07, 6.45) is 1.58. The van der Waals surface area contributed by atoms with E-state index in [0.717, 1.165) is 5.56 Å². The van der Waals surface area contributed by atoms with E-state index in [0.29, 0.717) is 16.7 Å². The molecule has 3 aromatic rings. The average molecular weight is 335 g/mol. The second kappa shape index (κ2) is 6.37. The third kappa shape index (κ3) is 2.79. The highest BCUT2D eigenvalue weighted by Gasteiger charge is 2.26. The Bertz CT molecular complexity index is 751. The summed E-state index contributed by atoms with van der Waals surface area (Å²) in [5, 5.41) is 12.3. The van der Waals surface area contributed by atoms with Crippen molar-refractivity contribution in [2.24, 2.45) is 7.05 Å². The summed E-state index contributed by atoms with van der Waals surface area (Å²) < 4.78 is 12.0. The van der Waals surface area contributed by atoms with Crippen LogP contribution in [0.1, 0.15) is 10.8 Å². The molecule has 0 aliphatic carbocycles. The largest absolute Gasteiger partial charge is 0.468 e. The predicted molar refractivity (Wildman–Crippen MR) is 83.6 cm³/mol. The van der Waals surface area contributed by atoms with Gasteiger partial charge in [0.2, 0.25) is 0 Å². The predicted octanol–water partition coefficient (Wildman–Crippen LogP) is 3.14. The number of aromatic nitrogens is 3. The Balaban J connectivity index is 1.89. The van der Waals surface area contributed by atoms with E-state index in [1.807, 2.05) is 29.9 Å². The highest BCUT2D eigenvalue weighted by Crippen LogP contribution is 2.37. The lowest BCUT2D eigenvalue weighted by atomic mass is 10.2. The van der Waals surface area contributed by atoms with Gasteiger partial charge in [-0.3, -0.25) is 4.79 Å². The summed E-state index contributed by atoms with van der Waals surface area (Å²) >= 11 is 2.84. The van der Waals surface area contributed by atoms with Gasteiger partial charge in [0, 0.05) is 7.05 Å². The fourth-order valence-corrected chi connectivity index (χ4v) is 3.72. The number of nitrogens with zero attached hydrogens (tertiary/aromatic N) is 3. The topological polar surface area (TPSA) is 70.2 Å². The number of furan rings is 1. The van der Waals surface area contributed by atoms with Crippen molar-refractivity contribution in [3.05, 3.63) is 40.8 Å². The van der Waals surface area contributed by atoms with Gasteiger partial charge in [-0.1, -0.05) is 11.8 Å². The zero-order valence-corrected chi connectivity index (χ0v) is 13.6. The van der Waals surface area contributed by atoms with Crippen LogP contribution in [0.25, 0.3) is 11.6 Å². The lowest BCUT2D eigenvalue weighted by Crippen LogP contribution is -2.11. The molecule has 0 saturated carbocycles. The van der Waals surface area contributed by atoms with Gasteiger partial charge in [0.25, 0.3) is 0 Å². The molecule has 0 aliphatic rings. The van der Waals surface area contributed by atoms with Crippen LogP contribution in [-0.2, 0) is 16.6 Å². The molecule has 3 aromatic heterocycles. The summed E-state index contributed by atoms with van der Waals surface area (Å²) in [7, 11) is 3.22. The Morgan fingerprint density at radius 1 is 1.45 bits per heavy atom. The minimum atomic E-state index is -0.469. The molecule has 114 valence electrons. The van der Waals surface area contributed by atoms with Gasteiger partial charge < -0.3 is 13.7 Å². The number of thioether (sulfide) groups is 1. The highest BCUT2D eigenvalue weighted by atomic mass is 32.2. The van der Waals surface area contributed by atoms with Gasteiger partial charge in [0.1, 0.15) is 5.25 Å². The molecule has 3 rings (SSSR count). The number of methoxy groups -OCH3 is 1. The first kappa shape index (κ1) is 14.9. The van der Waals surface area contributed by atoms with Crippen molar-refractivity contribution < 1.29 is 13.9 Å². The zero-order valence-electron chi connectivity index (χ0n) is 11.9. The molecular formula is C14H13N3O3S2. The Morgan fingerprint density at radius 2 is 2.32 bits per heavy atom. The number of hydrogen-bond acceptors (Lipinski definition) is 7. The van der Waals surface area contributed by atoms with Crippen LogP contribution >= 0.6 is 23.1 Å². The molecule has 8 heteroatoms. The number of thiophene rings is 1. The van der Waals surface area contributed by atoms with Gasteiger partial charge >= 0.3 is 5.97 Å². The molecule has 0 aromatic carbocycles. The van der Waals surface area contributed by atoms with E-state index in [1.165, 1.54) is 30.2 Å². The quantitative estimate of drug-likeness (QED) is 0.527. The molecule has 0 fully saturated rings. The van der Waals surface area contributed by atoms with Gasteiger partial charge in [-0.2, -0.15) is 11.3 Å². The number of ether oxygens (including phenoxy) is 1. The van der Waals surface area contributed by atoms with E-state index in [2.05, 4.69) is 10.2 Å². The van der Waals surface area contributed by atoms with Crippen molar-refractivity contribution >= 4 is 29.1 Å². The van der Waals surface area contributed by atoms with E-state index in [4.69, 9.17) is 9.15 Å². The minimum absolute atomic E-state index is 0.314. The Hall–Kier alpha value is -2.06. The van der Waals surface area contributed by atoms with E-state index in [1.54, 1.807) is 16.9 Å². The van der Waals surface area contributed by atoms with Gasteiger partial charge in [0.15, 0.2) is 16.7 Å². The summed E-state index contributed by atoms with van der Waals surface area (Å²) in [4.78, 5) is 12.0. The van der Waals surface area contributed by atoms with Gasteiger partial charge in [-0.25, -0.2) is 0 Å². The fraction of sp³-hybridized carbons (Fsp3) is 0.214. The van der Waals surface area contributed by atoms with Crippen LogP contribution < -0.4 is 0 Å². The number of hydrogen-bond donors (Lipinski definition) is 0. The van der Waals surface area contributed by atoms with Crippen LogP contribution in [0.4, 0.5) is 0 Å². The molecule has 0 radical (unpaired) electrons. The zero-order chi connectivity index (χ0) is 15.5.